The highest BCUT2D eigenvalue weighted by Crippen LogP contribution is 2.28. The topological polar surface area (TPSA) is 88.9 Å². The molecule has 0 aliphatic rings. The third kappa shape index (κ3) is 4.52. The molecule has 2 amide bonds. The van der Waals surface area contributed by atoms with Crippen LogP contribution in [-0.2, 0) is 0 Å². The number of nitrogens with one attached hydrogen (secondary N) is 2. The lowest BCUT2D eigenvalue weighted by Gasteiger charge is -2.04. The summed E-state index contributed by atoms with van der Waals surface area (Å²) < 4.78 is 1.50. The third-order valence-electron chi connectivity index (χ3n) is 4.54. The zero-order chi connectivity index (χ0) is 22.8. The van der Waals surface area contributed by atoms with Gasteiger partial charge in [-0.05, 0) is 44.2 Å². The maximum absolute atomic E-state index is 12.9. The molecule has 0 spiro atoms. The van der Waals surface area contributed by atoms with Gasteiger partial charge in [0.15, 0.2) is 5.13 Å². The average molecular weight is 486 g/mol. The highest BCUT2D eigenvalue weighted by Gasteiger charge is 2.23. The van der Waals surface area contributed by atoms with Crippen LogP contribution in [0.25, 0.3) is 5.69 Å². The number of hydrogen-bond acceptors (Lipinski definition) is 5. The largest absolute Gasteiger partial charge is 0.321 e. The number of halogens is 2. The first-order valence-electron chi connectivity index (χ1n) is 9.49. The molecule has 0 fully saturated rings. The molecule has 2 aromatic heterocycles. The second kappa shape index (κ2) is 9.12. The van der Waals surface area contributed by atoms with Crippen LogP contribution >= 0.6 is 34.5 Å². The Morgan fingerprint density at radius 1 is 0.938 bits per heavy atom. The lowest BCUT2D eigenvalue weighted by Crippen LogP contribution is -2.13. The fraction of sp³-hybridized carbons (Fsp3) is 0.0909. The smallest absolute Gasteiger partial charge is 0.267 e. The van der Waals surface area contributed by atoms with E-state index in [2.05, 4.69) is 20.7 Å². The van der Waals surface area contributed by atoms with E-state index in [1.54, 1.807) is 38.1 Å². The quantitative estimate of drug-likeness (QED) is 0.376. The molecule has 0 saturated carbocycles. The van der Waals surface area contributed by atoms with Gasteiger partial charge in [-0.25, -0.2) is 9.67 Å². The van der Waals surface area contributed by atoms with E-state index in [1.165, 1.54) is 4.68 Å². The Balaban J connectivity index is 1.54. The molecule has 2 N–H and O–H groups in total. The van der Waals surface area contributed by atoms with E-state index in [1.807, 2.05) is 30.3 Å². The third-order valence-corrected chi connectivity index (χ3v) is 6.19. The summed E-state index contributed by atoms with van der Waals surface area (Å²) in [4.78, 5) is 30.3. The minimum absolute atomic E-state index is 0.193. The van der Waals surface area contributed by atoms with Crippen LogP contribution in [0.2, 0.25) is 10.2 Å². The van der Waals surface area contributed by atoms with Crippen LogP contribution in [0.3, 0.4) is 0 Å². The summed E-state index contributed by atoms with van der Waals surface area (Å²) in [5.41, 5.74) is 2.52. The van der Waals surface area contributed by atoms with E-state index in [-0.39, 0.29) is 21.8 Å². The fourth-order valence-electron chi connectivity index (χ4n) is 3.07. The Labute approximate surface area is 198 Å². The van der Waals surface area contributed by atoms with Gasteiger partial charge in [0, 0.05) is 10.7 Å². The van der Waals surface area contributed by atoms with Gasteiger partial charge in [0.2, 0.25) is 0 Å². The molecule has 0 unspecified atom stereocenters. The number of aromatic nitrogens is 3. The van der Waals surface area contributed by atoms with E-state index >= 15 is 0 Å². The predicted octanol–water partition coefficient (Wildman–Crippen LogP) is 5.76. The summed E-state index contributed by atoms with van der Waals surface area (Å²) in [6.07, 6.45) is 0. The van der Waals surface area contributed by atoms with Crippen LogP contribution in [0.15, 0.2) is 54.6 Å². The highest BCUT2D eigenvalue weighted by atomic mass is 35.5. The monoisotopic (exact) mass is 485 g/mol. The molecule has 2 aromatic carbocycles. The Hall–Kier alpha value is -3.20. The van der Waals surface area contributed by atoms with Gasteiger partial charge in [0.1, 0.15) is 15.6 Å². The molecule has 0 saturated heterocycles. The van der Waals surface area contributed by atoms with Crippen LogP contribution in [0.5, 0.6) is 0 Å². The number of rotatable bonds is 5. The minimum Gasteiger partial charge on any atom is -0.321 e. The summed E-state index contributed by atoms with van der Waals surface area (Å²) in [5, 5.41) is 10.9. The number of carbonyl (C=O) groups excluding carboxylic acids is 2. The predicted molar refractivity (Wildman–Crippen MR) is 128 cm³/mol. The van der Waals surface area contributed by atoms with Gasteiger partial charge in [-0.15, -0.1) is 0 Å². The van der Waals surface area contributed by atoms with Crippen LogP contribution < -0.4 is 10.6 Å². The van der Waals surface area contributed by atoms with Crippen molar-refractivity contribution in [3.05, 3.63) is 86.6 Å². The molecule has 4 rings (SSSR count). The number of para-hydroxylation sites is 1. The number of hydrogen-bond donors (Lipinski definition) is 2. The van der Waals surface area contributed by atoms with Crippen molar-refractivity contribution in [1.29, 1.82) is 0 Å². The van der Waals surface area contributed by atoms with Crippen molar-refractivity contribution >= 4 is 57.2 Å². The number of aryl methyl sites for hydroxylation is 2. The van der Waals surface area contributed by atoms with Gasteiger partial charge in [-0.3, -0.25) is 14.9 Å². The Bertz CT molecular complexity index is 1320. The zero-order valence-corrected chi connectivity index (χ0v) is 19.3. The lowest BCUT2D eigenvalue weighted by molar-refractivity contribution is 0.101. The number of amides is 2. The standard InChI is InChI=1S/C22H17Cl2N5O2S/c1-12-17(19(24)29(28-12)16-9-4-3-5-10-16)20(30)27-22-25-13(2)18(32-22)21(31)26-15-8-6-7-14(23)11-15/h3-11H,1-2H3,(H,26,31)(H,25,27,30). The van der Waals surface area contributed by atoms with Crippen LogP contribution in [0, 0.1) is 13.8 Å². The first kappa shape index (κ1) is 22.0. The van der Waals surface area contributed by atoms with Gasteiger partial charge >= 0.3 is 0 Å². The molecule has 162 valence electrons. The van der Waals surface area contributed by atoms with Crippen LogP contribution in [0.4, 0.5) is 10.8 Å². The maximum atomic E-state index is 12.9. The second-order valence-electron chi connectivity index (χ2n) is 6.85. The molecule has 0 radical (unpaired) electrons. The Kier molecular flexibility index (Phi) is 6.27. The van der Waals surface area contributed by atoms with Crippen molar-refractivity contribution in [2.24, 2.45) is 0 Å². The SMILES string of the molecule is Cc1nc(NC(=O)c2c(C)nn(-c3ccccc3)c2Cl)sc1C(=O)Nc1cccc(Cl)c1. The summed E-state index contributed by atoms with van der Waals surface area (Å²) in [6, 6.07) is 16.1. The first-order chi connectivity index (χ1) is 15.3. The van der Waals surface area contributed by atoms with Gasteiger partial charge in [-0.1, -0.05) is 58.8 Å². The van der Waals surface area contributed by atoms with E-state index < -0.39 is 5.91 Å². The maximum Gasteiger partial charge on any atom is 0.267 e. The number of benzene rings is 2. The van der Waals surface area contributed by atoms with Crippen molar-refractivity contribution in [2.45, 2.75) is 13.8 Å². The highest BCUT2D eigenvalue weighted by molar-refractivity contribution is 7.17. The van der Waals surface area contributed by atoms with Crippen molar-refractivity contribution in [3.63, 3.8) is 0 Å². The normalized spacial score (nSPS) is 10.8. The van der Waals surface area contributed by atoms with Crippen molar-refractivity contribution < 1.29 is 9.59 Å². The summed E-state index contributed by atoms with van der Waals surface area (Å²) >= 11 is 13.5. The second-order valence-corrected chi connectivity index (χ2v) is 8.64. The van der Waals surface area contributed by atoms with Crippen LogP contribution in [-0.4, -0.2) is 26.6 Å². The van der Waals surface area contributed by atoms with Crippen molar-refractivity contribution in [3.8, 4) is 5.69 Å². The number of thiazole rings is 1. The molecule has 0 aliphatic carbocycles. The molecule has 0 bridgehead atoms. The molecule has 10 heteroatoms. The van der Waals surface area contributed by atoms with Crippen molar-refractivity contribution in [1.82, 2.24) is 14.8 Å². The molecule has 0 atom stereocenters. The molecular weight excluding hydrogens is 469 g/mol. The summed E-state index contributed by atoms with van der Waals surface area (Å²) in [7, 11) is 0. The van der Waals surface area contributed by atoms with Gasteiger partial charge in [-0.2, -0.15) is 5.10 Å². The van der Waals surface area contributed by atoms with Gasteiger partial charge in [0.25, 0.3) is 11.8 Å². The zero-order valence-electron chi connectivity index (χ0n) is 17.0. The summed E-state index contributed by atoms with van der Waals surface area (Å²) in [6.45, 7) is 3.40. The Morgan fingerprint density at radius 2 is 1.69 bits per heavy atom. The van der Waals surface area contributed by atoms with E-state index in [0.29, 0.717) is 27.0 Å². The molecule has 4 aromatic rings. The lowest BCUT2D eigenvalue weighted by atomic mass is 10.2. The minimum atomic E-state index is -0.453. The van der Waals surface area contributed by atoms with Crippen LogP contribution in [0.1, 0.15) is 31.4 Å². The van der Waals surface area contributed by atoms with Gasteiger partial charge < -0.3 is 5.32 Å². The fourth-order valence-corrected chi connectivity index (χ4v) is 4.48. The number of carbonyl (C=O) groups is 2. The van der Waals surface area contributed by atoms with E-state index in [0.717, 1.165) is 17.0 Å². The molecule has 2 heterocycles. The van der Waals surface area contributed by atoms with E-state index in [4.69, 9.17) is 23.2 Å². The number of nitrogens with zero attached hydrogens (tertiary/aromatic N) is 3. The van der Waals surface area contributed by atoms with Gasteiger partial charge in [0.05, 0.1) is 17.1 Å². The molecule has 7 nitrogen and oxygen atoms in total. The number of anilines is 2. The molecule has 32 heavy (non-hydrogen) atoms. The Morgan fingerprint density at radius 3 is 2.41 bits per heavy atom. The van der Waals surface area contributed by atoms with Crippen molar-refractivity contribution in [2.75, 3.05) is 10.6 Å². The summed E-state index contributed by atoms with van der Waals surface area (Å²) in [5.74, 6) is -0.792. The average Bonchev–Trinajstić information content (AvgIpc) is 3.27. The first-order valence-corrected chi connectivity index (χ1v) is 11.1. The molecule has 0 aliphatic heterocycles. The van der Waals surface area contributed by atoms with E-state index in [9.17, 15) is 9.59 Å². The molecular formula is C22H17Cl2N5O2S.